The van der Waals surface area contributed by atoms with Gasteiger partial charge in [0.15, 0.2) is 0 Å². The second-order valence-electron chi connectivity index (χ2n) is 3.26. The largest absolute Gasteiger partial charge is 0.481 e. The average Bonchev–Trinajstić information content (AvgIpc) is 2.17. The molecule has 0 saturated heterocycles. The highest BCUT2D eigenvalue weighted by atomic mass is 16.5. The number of amides is 1. The van der Waals surface area contributed by atoms with E-state index in [9.17, 15) is 9.59 Å². The summed E-state index contributed by atoms with van der Waals surface area (Å²) in [6.07, 6.45) is 0.951. The Hall–Kier alpha value is -1.10. The second kappa shape index (κ2) is 8.23. The molecular formula is C10H19NO4. The smallest absolute Gasteiger partial charge is 0.303 e. The lowest BCUT2D eigenvalue weighted by Gasteiger charge is -2.16. The summed E-state index contributed by atoms with van der Waals surface area (Å²) in [5, 5.41) is 8.41. The second-order valence-corrected chi connectivity index (χ2v) is 3.26. The number of carboxylic acids is 1. The van der Waals surface area contributed by atoms with E-state index < -0.39 is 5.97 Å². The standard InChI is InChI=1S/C10H19NO4/c1-3-15-8-6-9(12)11(2)7-4-5-10(13)14/h3-8H2,1-2H3,(H,13,14). The molecule has 0 atom stereocenters. The van der Waals surface area contributed by atoms with Crippen molar-refractivity contribution in [2.45, 2.75) is 26.2 Å². The Balaban J connectivity index is 3.55. The molecule has 0 radical (unpaired) electrons. The monoisotopic (exact) mass is 217 g/mol. The van der Waals surface area contributed by atoms with Gasteiger partial charge < -0.3 is 14.7 Å². The van der Waals surface area contributed by atoms with E-state index in [-0.39, 0.29) is 12.3 Å². The maximum absolute atomic E-state index is 11.4. The van der Waals surface area contributed by atoms with Gasteiger partial charge in [-0.1, -0.05) is 0 Å². The summed E-state index contributed by atoms with van der Waals surface area (Å²) in [7, 11) is 1.68. The first kappa shape index (κ1) is 13.9. The van der Waals surface area contributed by atoms with Crippen molar-refractivity contribution >= 4 is 11.9 Å². The summed E-state index contributed by atoms with van der Waals surface area (Å²) in [6, 6.07) is 0. The summed E-state index contributed by atoms with van der Waals surface area (Å²) in [6.45, 7) is 3.40. The van der Waals surface area contributed by atoms with Crippen molar-refractivity contribution in [3.05, 3.63) is 0 Å². The first-order chi connectivity index (χ1) is 7.07. The molecule has 5 heteroatoms. The van der Waals surface area contributed by atoms with E-state index in [1.54, 1.807) is 11.9 Å². The molecule has 0 spiro atoms. The number of aliphatic carboxylic acids is 1. The lowest BCUT2D eigenvalue weighted by molar-refractivity contribution is -0.138. The number of hydrogen-bond acceptors (Lipinski definition) is 3. The molecule has 0 aromatic carbocycles. The van der Waals surface area contributed by atoms with E-state index in [1.807, 2.05) is 6.92 Å². The Kier molecular flexibility index (Phi) is 7.62. The molecule has 0 unspecified atom stereocenters. The van der Waals surface area contributed by atoms with Gasteiger partial charge in [0.2, 0.25) is 5.91 Å². The van der Waals surface area contributed by atoms with Crippen LogP contribution in [0.4, 0.5) is 0 Å². The maximum Gasteiger partial charge on any atom is 0.303 e. The molecule has 1 N–H and O–H groups in total. The zero-order valence-corrected chi connectivity index (χ0v) is 9.36. The number of nitrogens with zero attached hydrogens (tertiary/aromatic N) is 1. The molecule has 0 aromatic heterocycles. The van der Waals surface area contributed by atoms with Gasteiger partial charge in [-0.15, -0.1) is 0 Å². The lowest BCUT2D eigenvalue weighted by atomic mass is 10.3. The maximum atomic E-state index is 11.4. The van der Waals surface area contributed by atoms with Crippen molar-refractivity contribution in [2.24, 2.45) is 0 Å². The number of hydrogen-bond donors (Lipinski definition) is 1. The van der Waals surface area contributed by atoms with E-state index in [2.05, 4.69) is 0 Å². The van der Waals surface area contributed by atoms with Gasteiger partial charge in [-0.3, -0.25) is 9.59 Å². The molecule has 0 aliphatic carbocycles. The third-order valence-corrected chi connectivity index (χ3v) is 1.97. The van der Waals surface area contributed by atoms with Crippen molar-refractivity contribution in [3.8, 4) is 0 Å². The van der Waals surface area contributed by atoms with Crippen LogP contribution < -0.4 is 0 Å². The molecule has 15 heavy (non-hydrogen) atoms. The summed E-state index contributed by atoms with van der Waals surface area (Å²) in [5.74, 6) is -0.834. The van der Waals surface area contributed by atoms with Crippen LogP contribution in [0, 0.1) is 0 Å². The molecule has 0 bridgehead atoms. The summed E-state index contributed by atoms with van der Waals surface area (Å²) in [5.41, 5.74) is 0. The fourth-order valence-electron chi connectivity index (χ4n) is 1.09. The Labute approximate surface area is 90.0 Å². The molecule has 0 heterocycles. The van der Waals surface area contributed by atoms with Gasteiger partial charge in [-0.25, -0.2) is 0 Å². The predicted octanol–water partition coefficient (Wildman–Crippen LogP) is 0.736. The van der Waals surface area contributed by atoms with Crippen LogP contribution in [0.1, 0.15) is 26.2 Å². The Bertz CT molecular complexity index is 206. The first-order valence-corrected chi connectivity index (χ1v) is 5.11. The van der Waals surface area contributed by atoms with Gasteiger partial charge in [0.1, 0.15) is 0 Å². The molecule has 0 rings (SSSR count). The van der Waals surface area contributed by atoms with Gasteiger partial charge in [-0.2, -0.15) is 0 Å². The van der Waals surface area contributed by atoms with Gasteiger partial charge in [0.05, 0.1) is 13.0 Å². The first-order valence-electron chi connectivity index (χ1n) is 5.11. The fraction of sp³-hybridized carbons (Fsp3) is 0.800. The van der Waals surface area contributed by atoms with Gasteiger partial charge >= 0.3 is 5.97 Å². The van der Waals surface area contributed by atoms with E-state index in [1.165, 1.54) is 0 Å². The normalized spacial score (nSPS) is 10.0. The van der Waals surface area contributed by atoms with E-state index in [4.69, 9.17) is 9.84 Å². The van der Waals surface area contributed by atoms with E-state index in [0.29, 0.717) is 32.6 Å². The van der Waals surface area contributed by atoms with Crippen LogP contribution in [0.3, 0.4) is 0 Å². The molecule has 0 aliphatic rings. The topological polar surface area (TPSA) is 66.8 Å². The van der Waals surface area contributed by atoms with Gasteiger partial charge in [0.25, 0.3) is 0 Å². The molecule has 1 amide bonds. The summed E-state index contributed by atoms with van der Waals surface area (Å²) < 4.78 is 5.06. The Morgan fingerprint density at radius 1 is 1.33 bits per heavy atom. The zero-order chi connectivity index (χ0) is 11.7. The minimum Gasteiger partial charge on any atom is -0.481 e. The molecule has 0 fully saturated rings. The Morgan fingerprint density at radius 3 is 2.53 bits per heavy atom. The highest BCUT2D eigenvalue weighted by Crippen LogP contribution is 1.96. The third kappa shape index (κ3) is 7.93. The highest BCUT2D eigenvalue weighted by molar-refractivity contribution is 5.76. The third-order valence-electron chi connectivity index (χ3n) is 1.97. The van der Waals surface area contributed by atoms with Crippen LogP contribution in [0.5, 0.6) is 0 Å². The van der Waals surface area contributed by atoms with Crippen molar-refractivity contribution < 1.29 is 19.4 Å². The number of carbonyl (C=O) groups excluding carboxylic acids is 1. The average molecular weight is 217 g/mol. The molecular weight excluding hydrogens is 198 g/mol. The van der Waals surface area contributed by atoms with Gasteiger partial charge in [-0.05, 0) is 13.3 Å². The SMILES string of the molecule is CCOCCC(=O)N(C)CCCC(=O)O. The van der Waals surface area contributed by atoms with Crippen LogP contribution >= 0.6 is 0 Å². The number of carboxylic acid groups (broad SMARTS) is 1. The van der Waals surface area contributed by atoms with Crippen LogP contribution in [-0.4, -0.2) is 48.7 Å². The summed E-state index contributed by atoms with van der Waals surface area (Å²) >= 11 is 0. The van der Waals surface area contributed by atoms with Crippen LogP contribution in [0.25, 0.3) is 0 Å². The zero-order valence-electron chi connectivity index (χ0n) is 9.36. The van der Waals surface area contributed by atoms with Crippen LogP contribution in [0.15, 0.2) is 0 Å². The molecule has 0 aromatic rings. The molecule has 0 saturated carbocycles. The molecule has 5 nitrogen and oxygen atoms in total. The quantitative estimate of drug-likeness (QED) is 0.609. The summed E-state index contributed by atoms with van der Waals surface area (Å²) in [4.78, 5) is 23.2. The molecule has 0 aliphatic heterocycles. The predicted molar refractivity (Wildman–Crippen MR) is 55.6 cm³/mol. The number of ether oxygens (including phenoxy) is 1. The lowest BCUT2D eigenvalue weighted by Crippen LogP contribution is -2.28. The minimum absolute atomic E-state index is 0.00570. The fourth-order valence-corrected chi connectivity index (χ4v) is 1.09. The highest BCUT2D eigenvalue weighted by Gasteiger charge is 2.08. The van der Waals surface area contributed by atoms with Crippen molar-refractivity contribution in [2.75, 3.05) is 26.8 Å². The minimum atomic E-state index is -0.829. The number of rotatable bonds is 8. The van der Waals surface area contributed by atoms with Crippen molar-refractivity contribution in [1.29, 1.82) is 0 Å². The number of carbonyl (C=O) groups is 2. The van der Waals surface area contributed by atoms with E-state index in [0.717, 1.165) is 0 Å². The van der Waals surface area contributed by atoms with Crippen molar-refractivity contribution in [1.82, 2.24) is 4.90 Å². The Morgan fingerprint density at radius 2 is 2.00 bits per heavy atom. The van der Waals surface area contributed by atoms with Crippen molar-refractivity contribution in [3.63, 3.8) is 0 Å². The van der Waals surface area contributed by atoms with Crippen LogP contribution in [-0.2, 0) is 14.3 Å². The van der Waals surface area contributed by atoms with E-state index >= 15 is 0 Å². The van der Waals surface area contributed by atoms with Gasteiger partial charge in [0, 0.05) is 26.6 Å². The van der Waals surface area contributed by atoms with Crippen LogP contribution in [0.2, 0.25) is 0 Å². The molecule has 88 valence electrons.